The molecule has 1 unspecified atom stereocenters. The van der Waals surface area contributed by atoms with Crippen LogP contribution in [0.1, 0.15) is 11.1 Å². The molecular formula is C12H7F3N2O3. The Balaban J connectivity index is 2.52. The summed E-state index contributed by atoms with van der Waals surface area (Å²) in [7, 11) is 0. The minimum atomic E-state index is -4.73. The molecule has 0 saturated carbocycles. The Labute approximate surface area is 111 Å². The van der Waals surface area contributed by atoms with Gasteiger partial charge in [0, 0.05) is 5.69 Å². The van der Waals surface area contributed by atoms with Gasteiger partial charge in [0.1, 0.15) is 18.9 Å². The van der Waals surface area contributed by atoms with E-state index in [4.69, 9.17) is 5.26 Å². The molecule has 1 aliphatic rings. The summed E-state index contributed by atoms with van der Waals surface area (Å²) in [6.45, 7) is -0.219. The number of halogens is 3. The number of carbonyl (C=O) groups excluding carboxylic acids is 2. The molecule has 1 amide bonds. The molecule has 104 valence electrons. The molecule has 1 atom stereocenters. The van der Waals surface area contributed by atoms with Crippen molar-refractivity contribution in [2.24, 2.45) is 0 Å². The summed E-state index contributed by atoms with van der Waals surface area (Å²) in [6.07, 6.45) is -5.22. The van der Waals surface area contributed by atoms with E-state index in [2.05, 4.69) is 4.74 Å². The number of rotatable bonds is 2. The Morgan fingerprint density at radius 3 is 2.70 bits per heavy atom. The zero-order valence-corrected chi connectivity index (χ0v) is 9.85. The van der Waals surface area contributed by atoms with Crippen molar-refractivity contribution in [2.75, 3.05) is 11.5 Å². The van der Waals surface area contributed by atoms with Crippen LogP contribution in [0.2, 0.25) is 0 Å². The molecule has 1 aliphatic heterocycles. The largest absolute Gasteiger partial charge is 0.446 e. The predicted octanol–water partition coefficient (Wildman–Crippen LogP) is 2.10. The molecule has 2 rings (SSSR count). The summed E-state index contributed by atoms with van der Waals surface area (Å²) in [5.41, 5.74) is -1.87. The molecule has 5 nitrogen and oxygen atoms in total. The Morgan fingerprint density at radius 1 is 1.45 bits per heavy atom. The lowest BCUT2D eigenvalue weighted by Gasteiger charge is -2.19. The second-order valence-electron chi connectivity index (χ2n) is 3.99. The van der Waals surface area contributed by atoms with Crippen molar-refractivity contribution < 1.29 is 27.5 Å². The maximum absolute atomic E-state index is 12.8. The average Bonchev–Trinajstić information content (AvgIpc) is 2.78. The van der Waals surface area contributed by atoms with E-state index in [1.165, 1.54) is 6.07 Å². The fourth-order valence-electron chi connectivity index (χ4n) is 1.85. The van der Waals surface area contributed by atoms with E-state index in [0.29, 0.717) is 12.4 Å². The number of hydrogen-bond donors (Lipinski definition) is 0. The van der Waals surface area contributed by atoms with Crippen molar-refractivity contribution in [3.63, 3.8) is 0 Å². The average molecular weight is 284 g/mol. The summed E-state index contributed by atoms with van der Waals surface area (Å²) in [4.78, 5) is 23.1. The molecule has 20 heavy (non-hydrogen) atoms. The first-order valence-corrected chi connectivity index (χ1v) is 5.41. The van der Waals surface area contributed by atoms with Gasteiger partial charge in [0.25, 0.3) is 0 Å². The van der Waals surface area contributed by atoms with E-state index in [1.807, 2.05) is 0 Å². The Kier molecular flexibility index (Phi) is 3.36. The van der Waals surface area contributed by atoms with Gasteiger partial charge >= 0.3 is 12.3 Å². The van der Waals surface area contributed by atoms with Crippen LogP contribution in [0.25, 0.3) is 0 Å². The van der Waals surface area contributed by atoms with Gasteiger partial charge in [-0.25, -0.2) is 4.79 Å². The third-order valence-corrected chi connectivity index (χ3v) is 2.77. The molecule has 1 aromatic carbocycles. The second kappa shape index (κ2) is 4.85. The van der Waals surface area contributed by atoms with Gasteiger partial charge < -0.3 is 9.53 Å². The number of benzene rings is 1. The summed E-state index contributed by atoms with van der Waals surface area (Å²) in [6, 6.07) is 3.22. The summed E-state index contributed by atoms with van der Waals surface area (Å²) >= 11 is 0. The van der Waals surface area contributed by atoms with Crippen LogP contribution in [0.3, 0.4) is 0 Å². The number of aldehydes is 1. The highest BCUT2D eigenvalue weighted by molar-refractivity contribution is 5.95. The standard InChI is InChI=1S/C12H7F3N2O3/c13-12(14,15)10-3-8(2-1-7(10)4-16)17-9(5-18)6-20-11(17)19/h1-3,5,9H,6H2. The van der Waals surface area contributed by atoms with E-state index >= 15 is 0 Å². The van der Waals surface area contributed by atoms with Crippen molar-refractivity contribution in [2.45, 2.75) is 12.2 Å². The van der Waals surface area contributed by atoms with E-state index < -0.39 is 29.4 Å². The highest BCUT2D eigenvalue weighted by Crippen LogP contribution is 2.35. The molecule has 0 radical (unpaired) electrons. The van der Waals surface area contributed by atoms with Crippen molar-refractivity contribution in [1.29, 1.82) is 5.26 Å². The molecule has 0 aliphatic carbocycles. The van der Waals surface area contributed by atoms with Crippen LogP contribution in [0.15, 0.2) is 18.2 Å². The topological polar surface area (TPSA) is 70.4 Å². The Bertz CT molecular complexity index is 607. The zero-order chi connectivity index (χ0) is 14.9. The zero-order valence-electron chi connectivity index (χ0n) is 9.85. The molecule has 1 saturated heterocycles. The van der Waals surface area contributed by atoms with Gasteiger partial charge in [0.15, 0.2) is 0 Å². The third kappa shape index (κ3) is 2.30. The normalized spacial score (nSPS) is 18.6. The maximum atomic E-state index is 12.8. The molecule has 1 fully saturated rings. The second-order valence-corrected chi connectivity index (χ2v) is 3.99. The number of hydrogen-bond acceptors (Lipinski definition) is 4. The van der Waals surface area contributed by atoms with Crippen molar-refractivity contribution in [1.82, 2.24) is 0 Å². The quantitative estimate of drug-likeness (QED) is 0.780. The molecule has 1 aromatic rings. The molecule has 0 spiro atoms. The lowest BCUT2D eigenvalue weighted by atomic mass is 10.1. The van der Waals surface area contributed by atoms with E-state index in [1.54, 1.807) is 0 Å². The SMILES string of the molecule is N#Cc1ccc(N2C(=O)OCC2C=O)cc1C(F)(F)F. The monoisotopic (exact) mass is 284 g/mol. The minimum absolute atomic E-state index is 0.143. The molecule has 1 heterocycles. The fraction of sp³-hybridized carbons (Fsp3) is 0.250. The van der Waals surface area contributed by atoms with Crippen LogP contribution in [0.4, 0.5) is 23.7 Å². The Hall–Kier alpha value is -2.56. The summed E-state index contributed by atoms with van der Waals surface area (Å²) in [5.74, 6) is 0. The van der Waals surface area contributed by atoms with E-state index in [9.17, 15) is 22.8 Å². The number of nitrogens with zero attached hydrogens (tertiary/aromatic N) is 2. The number of ether oxygens (including phenoxy) is 1. The third-order valence-electron chi connectivity index (χ3n) is 2.77. The van der Waals surface area contributed by atoms with Crippen LogP contribution < -0.4 is 4.90 Å². The van der Waals surface area contributed by atoms with Crippen LogP contribution in [0.5, 0.6) is 0 Å². The highest BCUT2D eigenvalue weighted by atomic mass is 19.4. The molecule has 0 aromatic heterocycles. The van der Waals surface area contributed by atoms with Crippen molar-refractivity contribution >= 4 is 18.1 Å². The van der Waals surface area contributed by atoms with Crippen molar-refractivity contribution in [3.05, 3.63) is 29.3 Å². The number of anilines is 1. The lowest BCUT2D eigenvalue weighted by Crippen LogP contribution is -2.34. The Morgan fingerprint density at radius 2 is 2.15 bits per heavy atom. The van der Waals surface area contributed by atoms with Crippen LogP contribution in [-0.4, -0.2) is 25.0 Å². The van der Waals surface area contributed by atoms with E-state index in [0.717, 1.165) is 17.0 Å². The smallest absolute Gasteiger partial charge is 0.417 e. The van der Waals surface area contributed by atoms with Gasteiger partial charge in [-0.15, -0.1) is 0 Å². The minimum Gasteiger partial charge on any atom is -0.446 e. The first kappa shape index (κ1) is 13.9. The van der Waals surface area contributed by atoms with Gasteiger partial charge in [-0.3, -0.25) is 4.90 Å². The number of amides is 1. The molecule has 0 N–H and O–H groups in total. The van der Waals surface area contributed by atoms with Gasteiger partial charge in [-0.05, 0) is 18.2 Å². The first-order chi connectivity index (χ1) is 9.38. The first-order valence-electron chi connectivity index (χ1n) is 5.41. The lowest BCUT2D eigenvalue weighted by molar-refractivity contribution is -0.137. The van der Waals surface area contributed by atoms with Gasteiger partial charge in [-0.2, -0.15) is 18.4 Å². The molecule has 0 bridgehead atoms. The predicted molar refractivity (Wildman–Crippen MR) is 59.8 cm³/mol. The number of alkyl halides is 3. The van der Waals surface area contributed by atoms with Crippen LogP contribution in [-0.2, 0) is 15.7 Å². The van der Waals surface area contributed by atoms with Gasteiger partial charge in [0.2, 0.25) is 0 Å². The molecule has 8 heteroatoms. The van der Waals surface area contributed by atoms with Gasteiger partial charge in [-0.1, -0.05) is 0 Å². The number of nitriles is 1. The number of cyclic esters (lactones) is 1. The highest BCUT2D eigenvalue weighted by Gasteiger charge is 2.38. The fourth-order valence-corrected chi connectivity index (χ4v) is 1.85. The molecular weight excluding hydrogens is 277 g/mol. The van der Waals surface area contributed by atoms with Gasteiger partial charge in [0.05, 0.1) is 17.2 Å². The summed E-state index contributed by atoms with van der Waals surface area (Å²) in [5, 5.41) is 8.68. The summed E-state index contributed by atoms with van der Waals surface area (Å²) < 4.78 is 43.1. The van der Waals surface area contributed by atoms with Crippen LogP contribution in [0, 0.1) is 11.3 Å². The van der Waals surface area contributed by atoms with Crippen molar-refractivity contribution in [3.8, 4) is 6.07 Å². The maximum Gasteiger partial charge on any atom is 0.417 e. The van der Waals surface area contributed by atoms with E-state index in [-0.39, 0.29) is 12.3 Å². The van der Waals surface area contributed by atoms with Crippen LogP contribution >= 0.6 is 0 Å². The number of carbonyl (C=O) groups is 2.